The fourth-order valence-electron chi connectivity index (χ4n) is 1.92. The van der Waals surface area contributed by atoms with E-state index >= 15 is 0 Å². The molecule has 0 aliphatic carbocycles. The minimum absolute atomic E-state index is 0.932. The van der Waals surface area contributed by atoms with Gasteiger partial charge in [0.15, 0.2) is 0 Å². The van der Waals surface area contributed by atoms with Crippen molar-refractivity contribution in [2.75, 3.05) is 11.5 Å². The average molecular weight is 192 g/mol. The maximum absolute atomic E-state index is 2.25. The number of hydrogen-bond acceptors (Lipinski definition) is 1. The molecular formula is C12H16S. The van der Waals surface area contributed by atoms with Crippen molar-refractivity contribution in [3.05, 3.63) is 35.9 Å². The summed E-state index contributed by atoms with van der Waals surface area (Å²) in [6.45, 7) is 0. The number of thioether (sulfide) groups is 1. The fourth-order valence-corrected chi connectivity index (χ4v) is 3.07. The molecule has 1 aliphatic rings. The topological polar surface area (TPSA) is 0 Å². The smallest absolute Gasteiger partial charge is 0.00360 e. The van der Waals surface area contributed by atoms with Gasteiger partial charge in [0.25, 0.3) is 0 Å². The van der Waals surface area contributed by atoms with E-state index in [2.05, 4.69) is 42.1 Å². The van der Waals surface area contributed by atoms with Crippen molar-refractivity contribution >= 4 is 11.8 Å². The zero-order valence-electron chi connectivity index (χ0n) is 7.91. The van der Waals surface area contributed by atoms with Crippen LogP contribution in [0, 0.1) is 5.92 Å². The van der Waals surface area contributed by atoms with Crippen molar-refractivity contribution in [1.29, 1.82) is 0 Å². The highest BCUT2D eigenvalue weighted by Crippen LogP contribution is 2.25. The standard InChI is InChI=1S/C12H16S/c1-2-5-11(6-3-1)9-12-7-4-8-13-10-12/h1-3,5-6,12H,4,7-10H2. The highest BCUT2D eigenvalue weighted by molar-refractivity contribution is 7.99. The van der Waals surface area contributed by atoms with Crippen LogP contribution in [-0.4, -0.2) is 11.5 Å². The van der Waals surface area contributed by atoms with Gasteiger partial charge in [-0.2, -0.15) is 11.8 Å². The van der Waals surface area contributed by atoms with Gasteiger partial charge >= 0.3 is 0 Å². The summed E-state index contributed by atoms with van der Waals surface area (Å²) < 4.78 is 0. The first kappa shape index (κ1) is 9.14. The first-order valence-electron chi connectivity index (χ1n) is 5.07. The Labute approximate surface area is 84.7 Å². The molecule has 0 amide bonds. The first-order chi connectivity index (χ1) is 6.45. The van der Waals surface area contributed by atoms with E-state index in [1.165, 1.54) is 36.3 Å². The molecule has 13 heavy (non-hydrogen) atoms. The highest BCUT2D eigenvalue weighted by atomic mass is 32.2. The Bertz CT molecular complexity index is 237. The summed E-state index contributed by atoms with van der Waals surface area (Å²) in [5.41, 5.74) is 1.51. The van der Waals surface area contributed by atoms with Crippen LogP contribution in [0.3, 0.4) is 0 Å². The lowest BCUT2D eigenvalue weighted by molar-refractivity contribution is 0.521. The van der Waals surface area contributed by atoms with Crippen LogP contribution in [0.15, 0.2) is 30.3 Å². The molecule has 1 heteroatoms. The number of hydrogen-bond donors (Lipinski definition) is 0. The molecule has 1 saturated heterocycles. The molecule has 1 heterocycles. The second kappa shape index (κ2) is 4.71. The Hall–Kier alpha value is -0.430. The first-order valence-corrected chi connectivity index (χ1v) is 6.22. The summed E-state index contributed by atoms with van der Waals surface area (Å²) in [5, 5.41) is 0. The lowest BCUT2D eigenvalue weighted by Crippen LogP contribution is -2.12. The van der Waals surface area contributed by atoms with E-state index in [1.54, 1.807) is 0 Å². The van der Waals surface area contributed by atoms with Crippen LogP contribution < -0.4 is 0 Å². The molecule has 2 rings (SSSR count). The van der Waals surface area contributed by atoms with Crippen LogP contribution in [0.2, 0.25) is 0 Å². The molecule has 0 spiro atoms. The Morgan fingerprint density at radius 2 is 2.08 bits per heavy atom. The zero-order chi connectivity index (χ0) is 8.93. The molecule has 1 aliphatic heterocycles. The van der Waals surface area contributed by atoms with E-state index < -0.39 is 0 Å². The molecule has 0 saturated carbocycles. The Morgan fingerprint density at radius 3 is 2.77 bits per heavy atom. The van der Waals surface area contributed by atoms with E-state index in [0.717, 1.165) is 5.92 Å². The summed E-state index contributed by atoms with van der Waals surface area (Å²) >= 11 is 2.12. The number of benzene rings is 1. The van der Waals surface area contributed by atoms with Crippen molar-refractivity contribution in [3.63, 3.8) is 0 Å². The molecule has 0 N–H and O–H groups in total. The van der Waals surface area contributed by atoms with Gasteiger partial charge in [0.05, 0.1) is 0 Å². The lowest BCUT2D eigenvalue weighted by Gasteiger charge is -2.20. The lowest BCUT2D eigenvalue weighted by atomic mass is 9.96. The van der Waals surface area contributed by atoms with Crippen LogP contribution >= 0.6 is 11.8 Å². The van der Waals surface area contributed by atoms with Gasteiger partial charge in [-0.25, -0.2) is 0 Å². The molecular weight excluding hydrogens is 176 g/mol. The predicted octanol–water partition coefficient (Wildman–Crippen LogP) is 3.37. The van der Waals surface area contributed by atoms with Gasteiger partial charge in [0, 0.05) is 0 Å². The van der Waals surface area contributed by atoms with Crippen LogP contribution in [0.5, 0.6) is 0 Å². The maximum Gasteiger partial charge on any atom is -0.00360 e. The minimum Gasteiger partial charge on any atom is -0.162 e. The molecule has 1 aromatic rings. The quantitative estimate of drug-likeness (QED) is 0.692. The van der Waals surface area contributed by atoms with Gasteiger partial charge in [-0.15, -0.1) is 0 Å². The Balaban J connectivity index is 1.90. The van der Waals surface area contributed by atoms with Gasteiger partial charge in [0.1, 0.15) is 0 Å². The van der Waals surface area contributed by atoms with Gasteiger partial charge in [-0.3, -0.25) is 0 Å². The van der Waals surface area contributed by atoms with Crippen LogP contribution in [0.4, 0.5) is 0 Å². The monoisotopic (exact) mass is 192 g/mol. The molecule has 0 bridgehead atoms. The van der Waals surface area contributed by atoms with E-state index in [0.29, 0.717) is 0 Å². The largest absolute Gasteiger partial charge is 0.162 e. The highest BCUT2D eigenvalue weighted by Gasteiger charge is 2.13. The van der Waals surface area contributed by atoms with Crippen molar-refractivity contribution in [2.24, 2.45) is 5.92 Å². The summed E-state index contributed by atoms with van der Waals surface area (Å²) in [7, 11) is 0. The van der Waals surface area contributed by atoms with Gasteiger partial charge < -0.3 is 0 Å². The number of rotatable bonds is 2. The summed E-state index contributed by atoms with van der Waals surface area (Å²) in [6, 6.07) is 10.9. The second-order valence-corrected chi connectivity index (χ2v) is 4.92. The van der Waals surface area contributed by atoms with Crippen molar-refractivity contribution in [1.82, 2.24) is 0 Å². The zero-order valence-corrected chi connectivity index (χ0v) is 8.72. The Morgan fingerprint density at radius 1 is 1.23 bits per heavy atom. The van der Waals surface area contributed by atoms with Gasteiger partial charge in [0.2, 0.25) is 0 Å². The molecule has 1 fully saturated rings. The van der Waals surface area contributed by atoms with Crippen molar-refractivity contribution < 1.29 is 0 Å². The minimum atomic E-state index is 0.932. The molecule has 0 radical (unpaired) electrons. The molecule has 0 nitrogen and oxygen atoms in total. The van der Waals surface area contributed by atoms with E-state index in [4.69, 9.17) is 0 Å². The molecule has 1 aromatic carbocycles. The van der Waals surface area contributed by atoms with Crippen molar-refractivity contribution in [2.45, 2.75) is 19.3 Å². The van der Waals surface area contributed by atoms with E-state index in [-0.39, 0.29) is 0 Å². The third kappa shape index (κ3) is 2.77. The molecule has 1 unspecified atom stereocenters. The molecule has 70 valence electrons. The summed E-state index contributed by atoms with van der Waals surface area (Å²) in [4.78, 5) is 0. The summed E-state index contributed by atoms with van der Waals surface area (Å²) in [5.74, 6) is 3.68. The van der Waals surface area contributed by atoms with E-state index in [1.807, 2.05) is 0 Å². The third-order valence-corrected chi connectivity index (χ3v) is 3.91. The Kier molecular flexibility index (Phi) is 3.31. The van der Waals surface area contributed by atoms with Gasteiger partial charge in [-0.05, 0) is 42.2 Å². The molecule has 1 atom stereocenters. The van der Waals surface area contributed by atoms with Crippen LogP contribution in [0.25, 0.3) is 0 Å². The van der Waals surface area contributed by atoms with Crippen LogP contribution in [-0.2, 0) is 6.42 Å². The summed E-state index contributed by atoms with van der Waals surface area (Å²) in [6.07, 6.45) is 4.14. The van der Waals surface area contributed by atoms with Gasteiger partial charge in [-0.1, -0.05) is 30.3 Å². The SMILES string of the molecule is c1ccc(CC2CCCSC2)cc1. The van der Waals surface area contributed by atoms with Crippen molar-refractivity contribution in [3.8, 4) is 0 Å². The predicted molar refractivity (Wildman–Crippen MR) is 60.2 cm³/mol. The van der Waals surface area contributed by atoms with E-state index in [9.17, 15) is 0 Å². The third-order valence-electron chi connectivity index (χ3n) is 2.62. The second-order valence-electron chi connectivity index (χ2n) is 3.77. The normalized spacial score (nSPS) is 22.9. The molecule has 0 aromatic heterocycles. The van der Waals surface area contributed by atoms with Crippen LogP contribution in [0.1, 0.15) is 18.4 Å². The average Bonchev–Trinajstić information content (AvgIpc) is 2.21. The fraction of sp³-hybridized carbons (Fsp3) is 0.500. The maximum atomic E-state index is 2.25.